The fourth-order valence-electron chi connectivity index (χ4n) is 4.20. The molecule has 1 aliphatic heterocycles. The summed E-state index contributed by atoms with van der Waals surface area (Å²) in [6.45, 7) is 5.12. The molecule has 6 heteroatoms. The zero-order chi connectivity index (χ0) is 17.7. The van der Waals surface area contributed by atoms with Gasteiger partial charge >= 0.3 is 0 Å². The molecule has 1 aromatic heterocycles. The van der Waals surface area contributed by atoms with E-state index in [9.17, 15) is 4.79 Å². The van der Waals surface area contributed by atoms with Crippen LogP contribution in [0.15, 0.2) is 12.4 Å². The second-order valence-corrected chi connectivity index (χ2v) is 7.63. The lowest BCUT2D eigenvalue weighted by Gasteiger charge is -2.37. The average molecular weight is 348 g/mol. The zero-order valence-corrected chi connectivity index (χ0v) is 15.6. The molecular formula is C19H32N4O2. The Hall–Kier alpha value is -1.40. The van der Waals surface area contributed by atoms with Gasteiger partial charge in [-0.1, -0.05) is 26.2 Å². The van der Waals surface area contributed by atoms with E-state index in [1.807, 2.05) is 19.4 Å². The molecule has 1 aliphatic carbocycles. The van der Waals surface area contributed by atoms with Crippen molar-refractivity contribution < 1.29 is 9.53 Å². The minimum Gasteiger partial charge on any atom is -0.373 e. The van der Waals surface area contributed by atoms with Crippen molar-refractivity contribution in [2.45, 2.75) is 57.0 Å². The number of carbonyl (C=O) groups is 1. The third kappa shape index (κ3) is 4.42. The van der Waals surface area contributed by atoms with Crippen LogP contribution in [0.5, 0.6) is 0 Å². The first kappa shape index (κ1) is 18.4. The summed E-state index contributed by atoms with van der Waals surface area (Å²) in [5, 5.41) is 10.8. The highest BCUT2D eigenvalue weighted by Crippen LogP contribution is 2.32. The molecule has 6 nitrogen and oxygen atoms in total. The third-order valence-electron chi connectivity index (χ3n) is 5.67. The lowest BCUT2D eigenvalue weighted by molar-refractivity contribution is -0.128. The highest BCUT2D eigenvalue weighted by Gasteiger charge is 2.37. The monoisotopic (exact) mass is 348 g/mol. The predicted octanol–water partition coefficient (Wildman–Crippen LogP) is 1.97. The molecule has 2 aliphatic rings. The molecule has 25 heavy (non-hydrogen) atoms. The van der Waals surface area contributed by atoms with E-state index in [4.69, 9.17) is 4.74 Å². The largest absolute Gasteiger partial charge is 0.373 e. The first-order chi connectivity index (χ1) is 12.1. The summed E-state index contributed by atoms with van der Waals surface area (Å²) in [4.78, 5) is 12.9. The van der Waals surface area contributed by atoms with E-state index in [-0.39, 0.29) is 23.3 Å². The highest BCUT2D eigenvalue weighted by molar-refractivity contribution is 5.80. The Morgan fingerprint density at radius 1 is 1.40 bits per heavy atom. The summed E-state index contributed by atoms with van der Waals surface area (Å²) < 4.78 is 8.01. The molecule has 0 unspecified atom stereocenters. The van der Waals surface area contributed by atoms with Crippen molar-refractivity contribution in [3.05, 3.63) is 18.0 Å². The summed E-state index contributed by atoms with van der Waals surface area (Å²) in [6.07, 6.45) is 10.7. The molecule has 1 amide bonds. The molecule has 0 radical (unpaired) electrons. The SMILES string of the molecule is CCCOC1(CNC(=O)[C@H]2CNC[C@@H]2c2cnn(C)c2)CCCCC1. The van der Waals surface area contributed by atoms with Crippen LogP contribution in [-0.4, -0.2) is 47.5 Å². The molecule has 2 atom stereocenters. The van der Waals surface area contributed by atoms with E-state index in [2.05, 4.69) is 22.7 Å². The number of ether oxygens (including phenoxy) is 1. The van der Waals surface area contributed by atoms with Crippen molar-refractivity contribution >= 4 is 5.91 Å². The molecule has 2 heterocycles. The first-order valence-electron chi connectivity index (χ1n) is 9.74. The molecule has 1 saturated heterocycles. The average Bonchev–Trinajstić information content (AvgIpc) is 3.27. The Balaban J connectivity index is 1.60. The molecule has 0 spiro atoms. The predicted molar refractivity (Wildman–Crippen MR) is 97.4 cm³/mol. The maximum absolute atomic E-state index is 12.9. The van der Waals surface area contributed by atoms with E-state index in [1.165, 1.54) is 19.3 Å². The van der Waals surface area contributed by atoms with Crippen LogP contribution in [0.2, 0.25) is 0 Å². The number of nitrogens with zero attached hydrogens (tertiary/aromatic N) is 2. The standard InChI is InChI=1S/C19H32N4O2/c1-3-9-25-19(7-5-4-6-8-19)14-21-18(24)17-12-20-11-16(17)15-10-22-23(2)13-15/h10,13,16-17,20H,3-9,11-12,14H2,1-2H3,(H,21,24)/t16-,17+/m1/s1. The van der Waals surface area contributed by atoms with Crippen LogP contribution in [0, 0.1) is 5.92 Å². The van der Waals surface area contributed by atoms with Crippen LogP contribution in [0.4, 0.5) is 0 Å². The van der Waals surface area contributed by atoms with Crippen molar-refractivity contribution in [3.8, 4) is 0 Å². The van der Waals surface area contributed by atoms with Gasteiger partial charge in [-0.3, -0.25) is 9.48 Å². The number of aromatic nitrogens is 2. The molecule has 0 bridgehead atoms. The molecule has 2 fully saturated rings. The molecule has 3 rings (SSSR count). The van der Waals surface area contributed by atoms with Gasteiger partial charge in [0.15, 0.2) is 0 Å². The Morgan fingerprint density at radius 2 is 2.20 bits per heavy atom. The summed E-state index contributed by atoms with van der Waals surface area (Å²) >= 11 is 0. The van der Waals surface area contributed by atoms with Crippen LogP contribution in [0.25, 0.3) is 0 Å². The fraction of sp³-hybridized carbons (Fsp3) is 0.789. The van der Waals surface area contributed by atoms with Gasteiger partial charge in [0.2, 0.25) is 5.91 Å². The Bertz CT molecular complexity index is 566. The Labute approximate surface area is 150 Å². The summed E-state index contributed by atoms with van der Waals surface area (Å²) in [6, 6.07) is 0. The number of hydrogen-bond acceptors (Lipinski definition) is 4. The summed E-state index contributed by atoms with van der Waals surface area (Å²) in [5.74, 6) is 0.312. The number of nitrogens with one attached hydrogen (secondary N) is 2. The quantitative estimate of drug-likeness (QED) is 0.790. The number of carbonyl (C=O) groups excluding carboxylic acids is 1. The van der Waals surface area contributed by atoms with Gasteiger partial charge in [-0.2, -0.15) is 5.10 Å². The maximum Gasteiger partial charge on any atom is 0.225 e. The van der Waals surface area contributed by atoms with Crippen LogP contribution in [0.3, 0.4) is 0 Å². The molecule has 140 valence electrons. The van der Waals surface area contributed by atoms with Gasteiger partial charge in [0, 0.05) is 45.4 Å². The van der Waals surface area contributed by atoms with Gasteiger partial charge in [0.1, 0.15) is 0 Å². The van der Waals surface area contributed by atoms with Crippen LogP contribution in [-0.2, 0) is 16.6 Å². The molecule has 1 aromatic rings. The van der Waals surface area contributed by atoms with E-state index >= 15 is 0 Å². The van der Waals surface area contributed by atoms with Gasteiger partial charge in [-0.15, -0.1) is 0 Å². The topological polar surface area (TPSA) is 68.2 Å². The van der Waals surface area contributed by atoms with Gasteiger partial charge < -0.3 is 15.4 Å². The lowest BCUT2D eigenvalue weighted by atomic mass is 9.84. The molecule has 2 N–H and O–H groups in total. The molecular weight excluding hydrogens is 316 g/mol. The van der Waals surface area contributed by atoms with Gasteiger partial charge in [0.25, 0.3) is 0 Å². The second kappa shape index (κ2) is 8.32. The second-order valence-electron chi connectivity index (χ2n) is 7.63. The molecule has 0 aromatic carbocycles. The van der Waals surface area contributed by atoms with E-state index in [0.29, 0.717) is 6.54 Å². The third-order valence-corrected chi connectivity index (χ3v) is 5.67. The first-order valence-corrected chi connectivity index (χ1v) is 9.74. The summed E-state index contributed by atoms with van der Waals surface area (Å²) in [5.41, 5.74) is 0.988. The number of rotatable bonds is 7. The summed E-state index contributed by atoms with van der Waals surface area (Å²) in [7, 11) is 1.92. The van der Waals surface area contributed by atoms with Crippen LogP contribution in [0.1, 0.15) is 56.9 Å². The van der Waals surface area contributed by atoms with Crippen molar-refractivity contribution in [2.75, 3.05) is 26.2 Å². The highest BCUT2D eigenvalue weighted by atomic mass is 16.5. The van der Waals surface area contributed by atoms with E-state index in [0.717, 1.165) is 44.5 Å². The Morgan fingerprint density at radius 3 is 2.88 bits per heavy atom. The van der Waals surface area contributed by atoms with Crippen molar-refractivity contribution in [1.29, 1.82) is 0 Å². The lowest BCUT2D eigenvalue weighted by Crippen LogP contribution is -2.48. The van der Waals surface area contributed by atoms with Gasteiger partial charge in [0.05, 0.1) is 17.7 Å². The van der Waals surface area contributed by atoms with Crippen LogP contribution >= 0.6 is 0 Å². The van der Waals surface area contributed by atoms with Crippen molar-refractivity contribution in [2.24, 2.45) is 13.0 Å². The van der Waals surface area contributed by atoms with E-state index in [1.54, 1.807) is 4.68 Å². The smallest absolute Gasteiger partial charge is 0.225 e. The minimum absolute atomic E-state index is 0.0315. The number of hydrogen-bond donors (Lipinski definition) is 2. The number of amides is 1. The number of aryl methyl sites for hydroxylation is 1. The molecule has 1 saturated carbocycles. The zero-order valence-electron chi connectivity index (χ0n) is 15.6. The fourth-order valence-corrected chi connectivity index (χ4v) is 4.20. The van der Waals surface area contributed by atoms with Crippen molar-refractivity contribution in [1.82, 2.24) is 20.4 Å². The Kier molecular flexibility index (Phi) is 6.12. The normalized spacial score (nSPS) is 25.8. The van der Waals surface area contributed by atoms with Gasteiger partial charge in [-0.25, -0.2) is 0 Å². The van der Waals surface area contributed by atoms with Crippen LogP contribution < -0.4 is 10.6 Å². The van der Waals surface area contributed by atoms with Crippen molar-refractivity contribution in [3.63, 3.8) is 0 Å². The van der Waals surface area contributed by atoms with E-state index < -0.39 is 0 Å². The van der Waals surface area contributed by atoms with Gasteiger partial charge in [-0.05, 0) is 24.8 Å². The maximum atomic E-state index is 12.9. The minimum atomic E-state index is -0.153.